The monoisotopic (exact) mass is 349 g/mol. The first-order chi connectivity index (χ1) is 11.9. The highest BCUT2D eigenvalue weighted by molar-refractivity contribution is 5.94. The van der Waals surface area contributed by atoms with E-state index >= 15 is 0 Å². The molecule has 1 N–H and O–H groups in total. The first-order valence-electron chi connectivity index (χ1n) is 8.13. The molecule has 0 bridgehead atoms. The fourth-order valence-corrected chi connectivity index (χ4v) is 2.88. The highest BCUT2D eigenvalue weighted by Gasteiger charge is 2.30. The second-order valence-corrected chi connectivity index (χ2v) is 5.96. The molecule has 0 fully saturated rings. The summed E-state index contributed by atoms with van der Waals surface area (Å²) in [6.45, 7) is 0.572. The molecule has 2 aromatic rings. The number of hydrogen-bond donors (Lipinski definition) is 1. The van der Waals surface area contributed by atoms with Gasteiger partial charge in [-0.25, -0.2) is 0 Å². The lowest BCUT2D eigenvalue weighted by Gasteiger charge is -2.10. The zero-order chi connectivity index (χ0) is 17.9. The molecule has 2 aromatic carbocycles. The van der Waals surface area contributed by atoms with Crippen LogP contribution < -0.4 is 10.1 Å². The van der Waals surface area contributed by atoms with Crippen molar-refractivity contribution in [3.05, 3.63) is 64.7 Å². The maximum atomic E-state index is 12.5. The number of rotatable bonds is 5. The van der Waals surface area contributed by atoms with Crippen molar-refractivity contribution in [2.24, 2.45) is 0 Å². The fourth-order valence-electron chi connectivity index (χ4n) is 2.88. The molecule has 0 spiro atoms. The molecular formula is C19H18F3NO2. The third-order valence-electron chi connectivity index (χ3n) is 4.20. The molecule has 0 saturated carbocycles. The van der Waals surface area contributed by atoms with Crippen LogP contribution in [-0.4, -0.2) is 19.1 Å². The summed E-state index contributed by atoms with van der Waals surface area (Å²) in [6, 6.07) is 10.1. The molecular weight excluding hydrogens is 331 g/mol. The zero-order valence-corrected chi connectivity index (χ0v) is 13.5. The Morgan fingerprint density at radius 2 is 1.76 bits per heavy atom. The molecule has 132 valence electrons. The Kier molecular flexibility index (Phi) is 4.97. The van der Waals surface area contributed by atoms with Crippen molar-refractivity contribution in [2.75, 3.05) is 13.2 Å². The first-order valence-corrected chi connectivity index (χ1v) is 8.13. The molecule has 1 amide bonds. The minimum absolute atomic E-state index is 0.186. The van der Waals surface area contributed by atoms with Crippen LogP contribution in [0.1, 0.15) is 33.5 Å². The number of nitrogens with one attached hydrogen (secondary N) is 1. The van der Waals surface area contributed by atoms with Gasteiger partial charge >= 0.3 is 6.18 Å². The average Bonchev–Trinajstić information content (AvgIpc) is 3.05. The summed E-state index contributed by atoms with van der Waals surface area (Å²) in [5.74, 6) is 0.343. The van der Waals surface area contributed by atoms with Crippen molar-refractivity contribution in [2.45, 2.75) is 25.4 Å². The number of hydrogen-bond acceptors (Lipinski definition) is 2. The van der Waals surface area contributed by atoms with Gasteiger partial charge in [-0.1, -0.05) is 6.07 Å². The molecule has 3 rings (SSSR count). The minimum Gasteiger partial charge on any atom is -0.492 e. The van der Waals surface area contributed by atoms with Gasteiger partial charge in [0, 0.05) is 5.56 Å². The Bertz CT molecular complexity index is 754. The van der Waals surface area contributed by atoms with E-state index in [0.717, 1.165) is 30.7 Å². The first kappa shape index (κ1) is 17.3. The van der Waals surface area contributed by atoms with E-state index in [1.54, 1.807) is 0 Å². The molecule has 25 heavy (non-hydrogen) atoms. The van der Waals surface area contributed by atoms with E-state index in [0.29, 0.717) is 6.61 Å². The Morgan fingerprint density at radius 3 is 2.48 bits per heavy atom. The van der Waals surface area contributed by atoms with Gasteiger partial charge in [0.25, 0.3) is 5.91 Å². The normalized spacial score (nSPS) is 13.4. The van der Waals surface area contributed by atoms with E-state index in [9.17, 15) is 18.0 Å². The number of benzene rings is 2. The number of carbonyl (C=O) groups is 1. The maximum absolute atomic E-state index is 12.5. The van der Waals surface area contributed by atoms with E-state index < -0.39 is 17.6 Å². The molecule has 6 heteroatoms. The van der Waals surface area contributed by atoms with Crippen LogP contribution in [0.4, 0.5) is 13.2 Å². The van der Waals surface area contributed by atoms with Crippen LogP contribution >= 0.6 is 0 Å². The number of aryl methyl sites for hydroxylation is 2. The third kappa shape index (κ3) is 4.32. The number of halogens is 3. The Balaban J connectivity index is 1.46. The summed E-state index contributed by atoms with van der Waals surface area (Å²) in [5.41, 5.74) is 2.09. The predicted molar refractivity (Wildman–Crippen MR) is 87.7 cm³/mol. The van der Waals surface area contributed by atoms with Crippen LogP contribution in [0, 0.1) is 0 Å². The fraction of sp³-hybridized carbons (Fsp3) is 0.316. The quantitative estimate of drug-likeness (QED) is 0.829. The molecule has 0 aliphatic heterocycles. The molecule has 0 unspecified atom stereocenters. The highest BCUT2D eigenvalue weighted by Crippen LogP contribution is 2.29. The summed E-state index contributed by atoms with van der Waals surface area (Å²) in [6.07, 6.45) is -1.06. The second-order valence-electron chi connectivity index (χ2n) is 5.96. The largest absolute Gasteiger partial charge is 0.492 e. The van der Waals surface area contributed by atoms with Crippen LogP contribution in [0.3, 0.4) is 0 Å². The summed E-state index contributed by atoms with van der Waals surface area (Å²) in [4.78, 5) is 11.9. The summed E-state index contributed by atoms with van der Waals surface area (Å²) >= 11 is 0. The standard InChI is InChI=1S/C19H18F3NO2/c20-19(21,22)16-7-4-14(5-8-16)18(24)23-10-11-25-17-9-6-13-2-1-3-15(13)12-17/h4-9,12H,1-3,10-11H2,(H,23,24). The minimum atomic E-state index is -4.40. The third-order valence-corrected chi connectivity index (χ3v) is 4.20. The van der Waals surface area contributed by atoms with Gasteiger partial charge in [0.05, 0.1) is 12.1 Å². The highest BCUT2D eigenvalue weighted by atomic mass is 19.4. The number of fused-ring (bicyclic) bond motifs is 1. The van der Waals surface area contributed by atoms with Crippen LogP contribution in [-0.2, 0) is 19.0 Å². The topological polar surface area (TPSA) is 38.3 Å². The number of alkyl halides is 3. The van der Waals surface area contributed by atoms with E-state index in [2.05, 4.69) is 11.4 Å². The van der Waals surface area contributed by atoms with Gasteiger partial charge in [0.2, 0.25) is 0 Å². The van der Waals surface area contributed by atoms with Crippen LogP contribution in [0.25, 0.3) is 0 Å². The smallest absolute Gasteiger partial charge is 0.416 e. The van der Waals surface area contributed by atoms with E-state index in [1.165, 1.54) is 29.7 Å². The zero-order valence-electron chi connectivity index (χ0n) is 13.5. The number of ether oxygens (including phenoxy) is 1. The van der Waals surface area contributed by atoms with Gasteiger partial charge in [-0.15, -0.1) is 0 Å². The van der Waals surface area contributed by atoms with Gasteiger partial charge in [0.1, 0.15) is 12.4 Å². The maximum Gasteiger partial charge on any atom is 0.416 e. The van der Waals surface area contributed by atoms with Crippen molar-refractivity contribution < 1.29 is 22.7 Å². The lowest BCUT2D eigenvalue weighted by molar-refractivity contribution is -0.137. The molecule has 0 aromatic heterocycles. The van der Waals surface area contributed by atoms with Crippen molar-refractivity contribution in [1.82, 2.24) is 5.32 Å². The van der Waals surface area contributed by atoms with Crippen molar-refractivity contribution >= 4 is 5.91 Å². The van der Waals surface area contributed by atoms with E-state index in [1.807, 2.05) is 12.1 Å². The molecule has 0 heterocycles. The van der Waals surface area contributed by atoms with Gasteiger partial charge in [-0.05, 0) is 66.8 Å². The Labute approximate surface area is 143 Å². The Hall–Kier alpha value is -2.50. The molecule has 1 aliphatic rings. The number of carbonyl (C=O) groups excluding carboxylic acids is 1. The van der Waals surface area contributed by atoms with Crippen LogP contribution in [0.15, 0.2) is 42.5 Å². The number of amides is 1. The van der Waals surface area contributed by atoms with Crippen LogP contribution in [0.2, 0.25) is 0 Å². The van der Waals surface area contributed by atoms with Gasteiger partial charge in [0.15, 0.2) is 0 Å². The van der Waals surface area contributed by atoms with E-state index in [4.69, 9.17) is 4.74 Å². The average molecular weight is 349 g/mol. The van der Waals surface area contributed by atoms with Crippen LogP contribution in [0.5, 0.6) is 5.75 Å². The van der Waals surface area contributed by atoms with Gasteiger partial charge < -0.3 is 10.1 Å². The SMILES string of the molecule is O=C(NCCOc1ccc2c(c1)CCC2)c1ccc(C(F)(F)F)cc1. The lowest BCUT2D eigenvalue weighted by atomic mass is 10.1. The molecule has 0 atom stereocenters. The van der Waals surface area contributed by atoms with E-state index in [-0.39, 0.29) is 12.1 Å². The summed E-state index contributed by atoms with van der Waals surface area (Å²) < 4.78 is 43.1. The summed E-state index contributed by atoms with van der Waals surface area (Å²) in [5, 5.41) is 2.63. The van der Waals surface area contributed by atoms with Gasteiger partial charge in [-0.2, -0.15) is 13.2 Å². The molecule has 3 nitrogen and oxygen atoms in total. The molecule has 0 radical (unpaired) electrons. The molecule has 0 saturated heterocycles. The summed E-state index contributed by atoms with van der Waals surface area (Å²) in [7, 11) is 0. The van der Waals surface area contributed by atoms with Crippen molar-refractivity contribution in [3.63, 3.8) is 0 Å². The molecule has 1 aliphatic carbocycles. The lowest BCUT2D eigenvalue weighted by Crippen LogP contribution is -2.28. The van der Waals surface area contributed by atoms with Crippen molar-refractivity contribution in [3.8, 4) is 5.75 Å². The Morgan fingerprint density at radius 1 is 1.04 bits per heavy atom. The predicted octanol–water partition coefficient (Wildman–Crippen LogP) is 4.00. The van der Waals surface area contributed by atoms with Crippen molar-refractivity contribution in [1.29, 1.82) is 0 Å². The second kappa shape index (κ2) is 7.17. The van der Waals surface area contributed by atoms with Gasteiger partial charge in [-0.3, -0.25) is 4.79 Å².